The van der Waals surface area contributed by atoms with Gasteiger partial charge in [-0.3, -0.25) is 4.99 Å². The first-order valence-corrected chi connectivity index (χ1v) is 7.02. The summed E-state index contributed by atoms with van der Waals surface area (Å²) in [6.07, 6.45) is 2.36. The van der Waals surface area contributed by atoms with Crippen LogP contribution in [0.2, 0.25) is 0 Å². The molecule has 0 radical (unpaired) electrons. The van der Waals surface area contributed by atoms with E-state index in [-0.39, 0.29) is 5.41 Å². The fraction of sp³-hybridized carbons (Fsp3) is 0.278. The summed E-state index contributed by atoms with van der Waals surface area (Å²) in [6.45, 7) is 2.20. The van der Waals surface area contributed by atoms with Crippen molar-refractivity contribution in [3.8, 4) is 0 Å². The van der Waals surface area contributed by atoms with Gasteiger partial charge in [0.05, 0.1) is 11.5 Å². The van der Waals surface area contributed by atoms with E-state index >= 15 is 0 Å². The molecule has 5 rings (SSSR count). The molecule has 2 aromatic rings. The van der Waals surface area contributed by atoms with Gasteiger partial charge in [0.15, 0.2) is 0 Å². The lowest BCUT2D eigenvalue weighted by molar-refractivity contribution is 0.444. The number of hydrogen-bond acceptors (Lipinski definition) is 1. The van der Waals surface area contributed by atoms with E-state index < -0.39 is 0 Å². The van der Waals surface area contributed by atoms with E-state index in [4.69, 9.17) is 4.99 Å². The molecule has 19 heavy (non-hydrogen) atoms. The maximum atomic E-state index is 4.96. The van der Waals surface area contributed by atoms with Crippen molar-refractivity contribution < 1.29 is 0 Å². The number of hydrogen-bond donors (Lipinski definition) is 0. The van der Waals surface area contributed by atoms with Crippen LogP contribution in [0.1, 0.15) is 42.5 Å². The van der Waals surface area contributed by atoms with Gasteiger partial charge in [0.25, 0.3) is 0 Å². The Balaban J connectivity index is 2.04. The molecule has 2 aromatic carbocycles. The van der Waals surface area contributed by atoms with E-state index in [9.17, 15) is 0 Å². The molecule has 0 saturated carbocycles. The van der Waals surface area contributed by atoms with Crippen molar-refractivity contribution >= 4 is 5.71 Å². The Kier molecular flexibility index (Phi) is 2.20. The van der Waals surface area contributed by atoms with Crippen molar-refractivity contribution in [2.24, 2.45) is 4.99 Å². The maximum Gasteiger partial charge on any atom is 0.0752 e. The SMILES string of the molecule is CC1=NC2CCC1(c1ccccc1)c1ccccc12. The highest BCUT2D eigenvalue weighted by atomic mass is 14.9. The van der Waals surface area contributed by atoms with Gasteiger partial charge < -0.3 is 0 Å². The molecule has 1 aliphatic carbocycles. The Bertz CT molecular complexity index is 656. The minimum absolute atomic E-state index is 0.0204. The quantitative estimate of drug-likeness (QED) is 0.713. The van der Waals surface area contributed by atoms with E-state index in [2.05, 4.69) is 61.5 Å². The van der Waals surface area contributed by atoms with Gasteiger partial charge in [-0.1, -0.05) is 54.6 Å². The van der Waals surface area contributed by atoms with E-state index in [0.717, 1.165) is 0 Å². The molecule has 2 heterocycles. The summed E-state index contributed by atoms with van der Waals surface area (Å²) in [5, 5.41) is 0. The third-order valence-corrected chi connectivity index (χ3v) is 4.81. The first kappa shape index (κ1) is 11.0. The number of benzene rings is 2. The Hall–Kier alpha value is -1.89. The third kappa shape index (κ3) is 1.33. The van der Waals surface area contributed by atoms with Crippen LogP contribution in [0.15, 0.2) is 59.6 Å². The second kappa shape index (κ2) is 3.80. The van der Waals surface area contributed by atoms with Gasteiger partial charge in [-0.2, -0.15) is 0 Å². The van der Waals surface area contributed by atoms with E-state index in [1.165, 1.54) is 35.2 Å². The van der Waals surface area contributed by atoms with Crippen LogP contribution in [0, 0.1) is 0 Å². The fourth-order valence-electron chi connectivity index (χ4n) is 3.90. The Morgan fingerprint density at radius 2 is 1.74 bits per heavy atom. The third-order valence-electron chi connectivity index (χ3n) is 4.81. The first-order valence-electron chi connectivity index (χ1n) is 7.02. The molecule has 2 bridgehead atoms. The van der Waals surface area contributed by atoms with Gasteiger partial charge in [-0.15, -0.1) is 0 Å². The van der Waals surface area contributed by atoms with Gasteiger partial charge in [0.2, 0.25) is 0 Å². The molecule has 1 heteroatoms. The van der Waals surface area contributed by atoms with Crippen molar-refractivity contribution in [3.05, 3.63) is 71.3 Å². The molecule has 0 fully saturated rings. The zero-order valence-electron chi connectivity index (χ0n) is 11.1. The highest BCUT2D eigenvalue weighted by molar-refractivity contribution is 5.99. The van der Waals surface area contributed by atoms with Crippen LogP contribution in [0.5, 0.6) is 0 Å². The van der Waals surface area contributed by atoms with Crippen LogP contribution in [-0.2, 0) is 5.41 Å². The normalized spacial score (nSPS) is 27.8. The second-order valence-corrected chi connectivity index (χ2v) is 5.63. The number of nitrogens with zero attached hydrogens (tertiary/aromatic N) is 1. The number of aliphatic imine (C=N–C) groups is 1. The predicted molar refractivity (Wildman–Crippen MR) is 78.7 cm³/mol. The molecule has 3 aliphatic rings. The largest absolute Gasteiger partial charge is 0.285 e. The highest BCUT2D eigenvalue weighted by Gasteiger charge is 2.46. The minimum Gasteiger partial charge on any atom is -0.285 e. The van der Waals surface area contributed by atoms with Gasteiger partial charge in [0, 0.05) is 5.71 Å². The van der Waals surface area contributed by atoms with E-state index in [1.807, 2.05) is 0 Å². The van der Waals surface area contributed by atoms with Crippen LogP contribution < -0.4 is 0 Å². The maximum absolute atomic E-state index is 4.96. The molecular formula is C18H17N. The average Bonchev–Trinajstić information content (AvgIpc) is 2.49. The van der Waals surface area contributed by atoms with Gasteiger partial charge in [0.1, 0.15) is 0 Å². The van der Waals surface area contributed by atoms with Gasteiger partial charge in [-0.05, 0) is 36.5 Å². The van der Waals surface area contributed by atoms with Crippen molar-refractivity contribution in [2.75, 3.05) is 0 Å². The summed E-state index contributed by atoms with van der Waals surface area (Å²) in [5.74, 6) is 0. The molecule has 2 unspecified atom stereocenters. The molecule has 2 atom stereocenters. The van der Waals surface area contributed by atoms with Crippen molar-refractivity contribution in [3.63, 3.8) is 0 Å². The summed E-state index contributed by atoms with van der Waals surface area (Å²) in [4.78, 5) is 4.96. The highest BCUT2D eigenvalue weighted by Crippen LogP contribution is 2.52. The lowest BCUT2D eigenvalue weighted by atomic mass is 9.60. The van der Waals surface area contributed by atoms with Crippen molar-refractivity contribution in [1.82, 2.24) is 0 Å². The van der Waals surface area contributed by atoms with Crippen LogP contribution in [0.3, 0.4) is 0 Å². The van der Waals surface area contributed by atoms with Crippen LogP contribution in [0.25, 0.3) is 0 Å². The number of rotatable bonds is 1. The lowest BCUT2D eigenvalue weighted by Crippen LogP contribution is -2.43. The van der Waals surface area contributed by atoms with E-state index in [1.54, 1.807) is 0 Å². The van der Waals surface area contributed by atoms with E-state index in [0.29, 0.717) is 6.04 Å². The topological polar surface area (TPSA) is 12.4 Å². The smallest absolute Gasteiger partial charge is 0.0752 e. The summed E-state index contributed by atoms with van der Waals surface area (Å²) < 4.78 is 0. The minimum atomic E-state index is 0.0204. The Labute approximate surface area is 114 Å². The molecule has 0 amide bonds. The van der Waals surface area contributed by atoms with Crippen LogP contribution >= 0.6 is 0 Å². The fourth-order valence-corrected chi connectivity index (χ4v) is 3.90. The summed E-state index contributed by atoms with van der Waals surface area (Å²) in [7, 11) is 0. The Morgan fingerprint density at radius 3 is 2.53 bits per heavy atom. The Morgan fingerprint density at radius 1 is 1.00 bits per heavy atom. The summed E-state index contributed by atoms with van der Waals surface area (Å²) in [5.41, 5.74) is 5.61. The zero-order chi connectivity index (χ0) is 12.9. The molecule has 1 nitrogen and oxygen atoms in total. The molecule has 0 N–H and O–H groups in total. The van der Waals surface area contributed by atoms with Gasteiger partial charge >= 0.3 is 0 Å². The number of fused-ring (bicyclic) bond motifs is 1. The summed E-state index contributed by atoms with van der Waals surface area (Å²) >= 11 is 0. The standard InChI is InChI=1S/C18H17N/c1-13-18(14-7-3-2-4-8-14)12-11-17(19-13)15-9-5-6-10-16(15)18/h2-10,17H,11-12H2,1H3. The second-order valence-electron chi connectivity index (χ2n) is 5.63. The zero-order valence-corrected chi connectivity index (χ0v) is 11.1. The van der Waals surface area contributed by atoms with Crippen molar-refractivity contribution in [2.45, 2.75) is 31.2 Å². The van der Waals surface area contributed by atoms with Crippen LogP contribution in [0.4, 0.5) is 0 Å². The molecule has 0 saturated heterocycles. The lowest BCUT2D eigenvalue weighted by Gasteiger charge is -2.46. The first-order chi connectivity index (χ1) is 9.32. The molecule has 0 spiro atoms. The molecule has 0 aromatic heterocycles. The average molecular weight is 247 g/mol. The molecular weight excluding hydrogens is 230 g/mol. The molecule has 94 valence electrons. The molecule has 2 aliphatic heterocycles. The monoisotopic (exact) mass is 247 g/mol. The van der Waals surface area contributed by atoms with Crippen LogP contribution in [-0.4, -0.2) is 5.71 Å². The van der Waals surface area contributed by atoms with Gasteiger partial charge in [-0.25, -0.2) is 0 Å². The van der Waals surface area contributed by atoms with Crippen molar-refractivity contribution in [1.29, 1.82) is 0 Å². The summed E-state index contributed by atoms with van der Waals surface area (Å²) in [6, 6.07) is 20.1. The predicted octanol–water partition coefficient (Wildman–Crippen LogP) is 4.28.